The molecule has 6 nitrogen and oxygen atoms in total. The highest BCUT2D eigenvalue weighted by Gasteiger charge is 2.13. The maximum Gasteiger partial charge on any atom is 0.216 e. The number of carbonyl (C=O) groups is 1. The summed E-state index contributed by atoms with van der Waals surface area (Å²) in [6.07, 6.45) is 3.94. The second-order valence-corrected chi connectivity index (χ2v) is 6.87. The number of carbonyl (C=O) groups excluding carboxylic acids is 1. The number of anilines is 1. The van der Waals surface area contributed by atoms with Crippen LogP contribution in [0.15, 0.2) is 59.8 Å². The fraction of sp³-hybridized carbons (Fsp3) is 0.200. The van der Waals surface area contributed by atoms with Crippen LogP contribution in [0.4, 0.5) is 5.69 Å². The largest absolute Gasteiger partial charge is 0.481 e. The number of nitrogen functional groups attached to an aromatic ring is 1. The molecule has 0 spiro atoms. The van der Waals surface area contributed by atoms with Gasteiger partial charge in [-0.2, -0.15) is 4.98 Å². The summed E-state index contributed by atoms with van der Waals surface area (Å²) in [5.41, 5.74) is 7.97. The molecule has 0 unspecified atom stereocenters. The van der Waals surface area contributed by atoms with Crippen molar-refractivity contribution < 1.29 is 9.53 Å². The number of ketones is 1. The zero-order valence-electron chi connectivity index (χ0n) is 15.0. The van der Waals surface area contributed by atoms with E-state index in [0.29, 0.717) is 29.5 Å². The van der Waals surface area contributed by atoms with Crippen molar-refractivity contribution in [1.82, 2.24) is 15.0 Å². The highest BCUT2D eigenvalue weighted by molar-refractivity contribution is 7.98. The first-order valence-electron chi connectivity index (χ1n) is 8.47. The third kappa shape index (κ3) is 5.27. The number of hydrogen-bond acceptors (Lipinski definition) is 7. The summed E-state index contributed by atoms with van der Waals surface area (Å²) in [7, 11) is 1.54. The number of Topliss-reactive ketones (excluding diaryl/α,β-unsaturated/α-hetero) is 1. The van der Waals surface area contributed by atoms with Gasteiger partial charge in [0.25, 0.3) is 0 Å². The molecule has 2 aromatic heterocycles. The van der Waals surface area contributed by atoms with Gasteiger partial charge in [-0.05, 0) is 11.6 Å². The molecule has 0 amide bonds. The van der Waals surface area contributed by atoms with Gasteiger partial charge < -0.3 is 10.5 Å². The van der Waals surface area contributed by atoms with Crippen LogP contribution in [0, 0.1) is 0 Å². The first-order valence-corrected chi connectivity index (χ1v) is 9.45. The van der Waals surface area contributed by atoms with Crippen molar-refractivity contribution in [2.24, 2.45) is 0 Å². The van der Waals surface area contributed by atoms with Gasteiger partial charge >= 0.3 is 0 Å². The van der Waals surface area contributed by atoms with E-state index >= 15 is 0 Å². The molecule has 0 aliphatic rings. The number of aromatic nitrogens is 3. The molecule has 0 saturated heterocycles. The third-order valence-corrected chi connectivity index (χ3v) is 4.90. The summed E-state index contributed by atoms with van der Waals surface area (Å²) < 4.78 is 5.06. The molecule has 1 aromatic carbocycles. The minimum absolute atomic E-state index is 0.126. The first kappa shape index (κ1) is 18.8. The molecule has 0 aliphatic carbocycles. The fourth-order valence-corrected chi connectivity index (χ4v) is 3.34. The highest BCUT2D eigenvalue weighted by atomic mass is 32.2. The summed E-state index contributed by atoms with van der Waals surface area (Å²) in [5.74, 6) is 1.72. The Balaban J connectivity index is 1.60. The Labute approximate surface area is 162 Å². The smallest absolute Gasteiger partial charge is 0.216 e. The Hall–Kier alpha value is -2.93. The van der Waals surface area contributed by atoms with Gasteiger partial charge in [0.15, 0.2) is 5.78 Å². The zero-order valence-corrected chi connectivity index (χ0v) is 15.8. The van der Waals surface area contributed by atoms with Crippen LogP contribution in [0.25, 0.3) is 0 Å². The second-order valence-electron chi connectivity index (χ2n) is 5.82. The van der Waals surface area contributed by atoms with E-state index < -0.39 is 0 Å². The van der Waals surface area contributed by atoms with Gasteiger partial charge in [0.05, 0.1) is 12.8 Å². The van der Waals surface area contributed by atoms with E-state index in [1.54, 1.807) is 43.4 Å². The van der Waals surface area contributed by atoms with E-state index in [-0.39, 0.29) is 12.2 Å². The standard InChI is InChI=1S/C20H20N4O2S/c1-26-19-9-10-22-18(24-19)8-7-17(25)20-16(21)11-15(12-23-20)27-13-14-5-3-2-4-6-14/h2-6,9-12H,7-8,13,21H2,1H3. The van der Waals surface area contributed by atoms with Gasteiger partial charge in [-0.3, -0.25) is 4.79 Å². The molecule has 0 bridgehead atoms. The van der Waals surface area contributed by atoms with Crippen LogP contribution < -0.4 is 10.5 Å². The van der Waals surface area contributed by atoms with E-state index in [9.17, 15) is 4.79 Å². The Morgan fingerprint density at radius 1 is 1.19 bits per heavy atom. The van der Waals surface area contributed by atoms with Crippen LogP contribution in [0.1, 0.15) is 28.3 Å². The number of methoxy groups -OCH3 is 1. The molecule has 0 aliphatic heterocycles. The van der Waals surface area contributed by atoms with Gasteiger partial charge in [-0.25, -0.2) is 9.97 Å². The molecule has 3 aromatic rings. The van der Waals surface area contributed by atoms with Crippen molar-refractivity contribution in [3.63, 3.8) is 0 Å². The number of aryl methyl sites for hydroxylation is 1. The number of ether oxygens (including phenoxy) is 1. The predicted molar refractivity (Wildman–Crippen MR) is 106 cm³/mol. The number of benzene rings is 1. The Morgan fingerprint density at radius 2 is 2.00 bits per heavy atom. The first-order chi connectivity index (χ1) is 13.2. The molecule has 138 valence electrons. The van der Waals surface area contributed by atoms with Crippen molar-refractivity contribution in [2.75, 3.05) is 12.8 Å². The maximum atomic E-state index is 12.4. The molecule has 2 N–H and O–H groups in total. The lowest BCUT2D eigenvalue weighted by Crippen LogP contribution is -2.09. The molecule has 2 heterocycles. The topological polar surface area (TPSA) is 91.0 Å². The molecule has 7 heteroatoms. The van der Waals surface area contributed by atoms with Crippen LogP contribution in [0.5, 0.6) is 5.88 Å². The van der Waals surface area contributed by atoms with Crippen LogP contribution in [0.3, 0.4) is 0 Å². The van der Waals surface area contributed by atoms with Crippen LogP contribution in [-0.4, -0.2) is 27.8 Å². The monoisotopic (exact) mass is 380 g/mol. The molecular weight excluding hydrogens is 360 g/mol. The number of thioether (sulfide) groups is 1. The SMILES string of the molecule is COc1ccnc(CCC(=O)c2ncc(SCc3ccccc3)cc2N)n1. The number of nitrogens with zero attached hydrogens (tertiary/aromatic N) is 3. The zero-order chi connectivity index (χ0) is 19.1. The summed E-state index contributed by atoms with van der Waals surface area (Å²) in [6.45, 7) is 0. The van der Waals surface area contributed by atoms with Gasteiger partial charge in [-0.1, -0.05) is 30.3 Å². The van der Waals surface area contributed by atoms with Gasteiger partial charge in [-0.15, -0.1) is 11.8 Å². The van der Waals surface area contributed by atoms with E-state index in [4.69, 9.17) is 10.5 Å². The van der Waals surface area contributed by atoms with E-state index in [1.165, 1.54) is 5.56 Å². The Morgan fingerprint density at radius 3 is 2.74 bits per heavy atom. The summed E-state index contributed by atoms with van der Waals surface area (Å²) in [4.78, 5) is 26.0. The number of rotatable bonds is 8. The fourth-order valence-electron chi connectivity index (χ4n) is 2.47. The quantitative estimate of drug-likeness (QED) is 0.472. The summed E-state index contributed by atoms with van der Waals surface area (Å²) >= 11 is 1.63. The van der Waals surface area contributed by atoms with Gasteiger partial charge in [0.1, 0.15) is 11.5 Å². The van der Waals surface area contributed by atoms with Gasteiger partial charge in [0.2, 0.25) is 5.88 Å². The van der Waals surface area contributed by atoms with Crippen molar-refractivity contribution in [1.29, 1.82) is 0 Å². The Bertz CT molecular complexity index is 919. The molecule has 27 heavy (non-hydrogen) atoms. The number of nitrogens with two attached hydrogens (primary N) is 1. The lowest BCUT2D eigenvalue weighted by molar-refractivity contribution is 0.0978. The van der Waals surface area contributed by atoms with E-state index in [1.807, 2.05) is 18.2 Å². The molecule has 3 rings (SSSR count). The lowest BCUT2D eigenvalue weighted by atomic mass is 10.1. The second kappa shape index (κ2) is 9.14. The number of pyridine rings is 1. The molecule has 0 saturated carbocycles. The normalized spacial score (nSPS) is 10.6. The molecular formula is C20H20N4O2S. The average Bonchev–Trinajstić information content (AvgIpc) is 2.71. The van der Waals surface area contributed by atoms with Crippen molar-refractivity contribution in [3.05, 3.63) is 71.9 Å². The molecule has 0 fully saturated rings. The number of hydrogen-bond donors (Lipinski definition) is 1. The van der Waals surface area contributed by atoms with Crippen molar-refractivity contribution in [2.45, 2.75) is 23.5 Å². The predicted octanol–water partition coefficient (Wildman–Crippen LogP) is 3.57. The molecule has 0 atom stereocenters. The van der Waals surface area contributed by atoms with Crippen molar-refractivity contribution >= 4 is 23.2 Å². The average molecular weight is 380 g/mol. The summed E-state index contributed by atoms with van der Waals surface area (Å²) in [5, 5.41) is 0. The molecule has 0 radical (unpaired) electrons. The van der Waals surface area contributed by atoms with E-state index in [2.05, 4.69) is 27.1 Å². The summed E-state index contributed by atoms with van der Waals surface area (Å²) in [6, 6.07) is 13.6. The van der Waals surface area contributed by atoms with Crippen LogP contribution in [-0.2, 0) is 12.2 Å². The minimum atomic E-state index is -0.126. The third-order valence-electron chi connectivity index (χ3n) is 3.87. The van der Waals surface area contributed by atoms with Crippen LogP contribution >= 0.6 is 11.8 Å². The minimum Gasteiger partial charge on any atom is -0.481 e. The lowest BCUT2D eigenvalue weighted by Gasteiger charge is -2.07. The highest BCUT2D eigenvalue weighted by Crippen LogP contribution is 2.25. The van der Waals surface area contributed by atoms with E-state index in [0.717, 1.165) is 10.6 Å². The van der Waals surface area contributed by atoms with Crippen molar-refractivity contribution in [3.8, 4) is 5.88 Å². The van der Waals surface area contributed by atoms with Gasteiger partial charge in [0, 0.05) is 42.0 Å². The Kier molecular flexibility index (Phi) is 6.38. The van der Waals surface area contributed by atoms with Crippen LogP contribution in [0.2, 0.25) is 0 Å². The maximum absolute atomic E-state index is 12.4.